The maximum atomic E-state index is 12.4. The van der Waals surface area contributed by atoms with Gasteiger partial charge in [-0.3, -0.25) is 4.72 Å². The lowest BCUT2D eigenvalue weighted by Crippen LogP contribution is -2.14. The van der Waals surface area contributed by atoms with E-state index in [4.69, 9.17) is 11.6 Å². The number of benzene rings is 2. The molecule has 2 aromatic carbocycles. The van der Waals surface area contributed by atoms with Crippen LogP contribution in [0.5, 0.6) is 5.75 Å². The number of sulfonamides is 1. The molecule has 2 N–H and O–H groups in total. The Hall–Kier alpha value is -2.25. The number of anilines is 1. The number of aromatic hydroxyl groups is 1. The number of phenolic OH excluding ortho intramolecular Hbond substituents is 1. The van der Waals surface area contributed by atoms with Crippen LogP contribution in [0.15, 0.2) is 41.3 Å². The van der Waals surface area contributed by atoms with Crippen molar-refractivity contribution < 1.29 is 23.1 Å². The fraction of sp³-hybridized carbons (Fsp3) is 0.133. The molecule has 0 amide bonds. The van der Waals surface area contributed by atoms with Crippen LogP contribution in [0, 0.1) is 6.92 Å². The lowest BCUT2D eigenvalue weighted by Gasteiger charge is -2.12. The number of ether oxygens (including phenoxy) is 1. The van der Waals surface area contributed by atoms with Gasteiger partial charge in [0.15, 0.2) is 0 Å². The van der Waals surface area contributed by atoms with Gasteiger partial charge in [-0.25, -0.2) is 13.2 Å². The highest BCUT2D eigenvalue weighted by Crippen LogP contribution is 2.27. The lowest BCUT2D eigenvalue weighted by atomic mass is 10.2. The molecule has 0 aliphatic heterocycles. The Balaban J connectivity index is 2.36. The van der Waals surface area contributed by atoms with Gasteiger partial charge in [0.05, 0.1) is 17.7 Å². The number of carbonyl (C=O) groups excluding carboxylic acids is 1. The first-order chi connectivity index (χ1) is 10.8. The number of hydrogen-bond donors (Lipinski definition) is 2. The van der Waals surface area contributed by atoms with Gasteiger partial charge in [-0.05, 0) is 36.8 Å². The molecule has 0 aliphatic rings. The van der Waals surface area contributed by atoms with Crippen molar-refractivity contribution in [3.8, 4) is 5.75 Å². The SMILES string of the molecule is COC(=O)c1ccc(NS(=O)(=O)c2cccc(Cl)c2C)cc1O. The monoisotopic (exact) mass is 355 g/mol. The molecule has 23 heavy (non-hydrogen) atoms. The van der Waals surface area contributed by atoms with Crippen LogP contribution in [0.2, 0.25) is 5.02 Å². The molecule has 0 bridgehead atoms. The molecular formula is C15H14ClNO5S. The molecule has 0 aliphatic carbocycles. The zero-order valence-electron chi connectivity index (χ0n) is 12.3. The molecule has 0 fully saturated rings. The van der Waals surface area contributed by atoms with E-state index in [9.17, 15) is 18.3 Å². The predicted molar refractivity (Wildman–Crippen MR) is 86.4 cm³/mol. The van der Waals surface area contributed by atoms with Crippen LogP contribution in [0.3, 0.4) is 0 Å². The van der Waals surface area contributed by atoms with Gasteiger partial charge in [0.25, 0.3) is 10.0 Å². The molecule has 0 saturated carbocycles. The Morgan fingerprint density at radius 2 is 1.96 bits per heavy atom. The van der Waals surface area contributed by atoms with Crippen molar-refractivity contribution in [2.45, 2.75) is 11.8 Å². The van der Waals surface area contributed by atoms with Crippen LogP contribution in [-0.2, 0) is 14.8 Å². The largest absolute Gasteiger partial charge is 0.507 e. The van der Waals surface area contributed by atoms with E-state index >= 15 is 0 Å². The maximum Gasteiger partial charge on any atom is 0.341 e. The van der Waals surface area contributed by atoms with Gasteiger partial charge in [0.2, 0.25) is 0 Å². The molecule has 0 radical (unpaired) electrons. The standard InChI is InChI=1S/C15H14ClNO5S/c1-9-12(16)4-3-5-14(9)23(20,21)17-10-6-7-11(13(18)8-10)15(19)22-2/h3-8,17-18H,1-2H3. The molecule has 0 aromatic heterocycles. The molecule has 2 aromatic rings. The normalized spacial score (nSPS) is 11.1. The minimum absolute atomic E-state index is 0.0292. The highest BCUT2D eigenvalue weighted by atomic mass is 35.5. The van der Waals surface area contributed by atoms with E-state index in [0.29, 0.717) is 10.6 Å². The summed E-state index contributed by atoms with van der Waals surface area (Å²) >= 11 is 5.94. The maximum absolute atomic E-state index is 12.4. The Kier molecular flexibility index (Phi) is 4.82. The summed E-state index contributed by atoms with van der Waals surface area (Å²) in [5.41, 5.74) is 0.459. The first kappa shape index (κ1) is 17.1. The smallest absolute Gasteiger partial charge is 0.341 e. The van der Waals surface area contributed by atoms with Gasteiger partial charge >= 0.3 is 5.97 Å². The fourth-order valence-corrected chi connectivity index (χ4v) is 3.52. The van der Waals surface area contributed by atoms with Crippen LogP contribution >= 0.6 is 11.6 Å². The molecule has 0 spiro atoms. The van der Waals surface area contributed by atoms with Crippen molar-refractivity contribution in [1.82, 2.24) is 0 Å². The van der Waals surface area contributed by atoms with Crippen molar-refractivity contribution in [1.29, 1.82) is 0 Å². The van der Waals surface area contributed by atoms with Gasteiger partial charge in [0, 0.05) is 11.1 Å². The first-order valence-corrected chi connectivity index (χ1v) is 8.31. The van der Waals surface area contributed by atoms with Gasteiger partial charge < -0.3 is 9.84 Å². The third-order valence-electron chi connectivity index (χ3n) is 3.16. The fourth-order valence-electron chi connectivity index (χ4n) is 1.97. The average Bonchev–Trinajstić information content (AvgIpc) is 2.48. The summed E-state index contributed by atoms with van der Waals surface area (Å²) in [6.45, 7) is 1.59. The quantitative estimate of drug-likeness (QED) is 0.822. The van der Waals surface area contributed by atoms with Gasteiger partial charge in [-0.15, -0.1) is 0 Å². The molecule has 6 nitrogen and oxygen atoms in total. The number of esters is 1. The lowest BCUT2D eigenvalue weighted by molar-refractivity contribution is 0.0597. The van der Waals surface area contributed by atoms with E-state index in [0.717, 1.165) is 6.07 Å². The van der Waals surface area contributed by atoms with Crippen molar-refractivity contribution in [3.05, 3.63) is 52.5 Å². The summed E-state index contributed by atoms with van der Waals surface area (Å²) in [7, 11) is -2.70. The Bertz CT molecular complexity index is 864. The second kappa shape index (κ2) is 6.47. The summed E-state index contributed by atoms with van der Waals surface area (Å²) in [6, 6.07) is 8.29. The van der Waals surface area contributed by atoms with E-state index < -0.39 is 16.0 Å². The number of phenols is 1. The van der Waals surface area contributed by atoms with Gasteiger partial charge in [-0.1, -0.05) is 17.7 Å². The molecule has 0 heterocycles. The highest BCUT2D eigenvalue weighted by molar-refractivity contribution is 7.92. The van der Waals surface area contributed by atoms with Gasteiger partial charge in [-0.2, -0.15) is 0 Å². The summed E-state index contributed by atoms with van der Waals surface area (Å²) in [5, 5.41) is 10.1. The van der Waals surface area contributed by atoms with Gasteiger partial charge in [0.1, 0.15) is 11.3 Å². The summed E-state index contributed by atoms with van der Waals surface area (Å²) in [6.07, 6.45) is 0. The predicted octanol–water partition coefficient (Wildman–Crippen LogP) is 2.94. The molecule has 122 valence electrons. The number of hydrogen-bond acceptors (Lipinski definition) is 5. The molecule has 0 saturated heterocycles. The van der Waals surface area contributed by atoms with E-state index in [1.807, 2.05) is 0 Å². The van der Waals surface area contributed by atoms with E-state index in [-0.39, 0.29) is 21.9 Å². The van der Waals surface area contributed by atoms with Crippen molar-refractivity contribution >= 4 is 33.3 Å². The Labute approximate surface area is 138 Å². The third kappa shape index (κ3) is 3.57. The van der Waals surface area contributed by atoms with E-state index in [1.165, 1.54) is 31.4 Å². The minimum atomic E-state index is -3.88. The topological polar surface area (TPSA) is 92.7 Å². The van der Waals surface area contributed by atoms with Crippen molar-refractivity contribution in [2.75, 3.05) is 11.8 Å². The summed E-state index contributed by atoms with van der Waals surface area (Å²) in [5.74, 6) is -1.11. The van der Waals surface area contributed by atoms with Crippen molar-refractivity contribution in [2.24, 2.45) is 0 Å². The van der Waals surface area contributed by atoms with Crippen LogP contribution in [0.4, 0.5) is 5.69 Å². The third-order valence-corrected chi connectivity index (χ3v) is 5.10. The number of methoxy groups -OCH3 is 1. The molecule has 0 unspecified atom stereocenters. The zero-order valence-corrected chi connectivity index (χ0v) is 13.9. The number of nitrogens with one attached hydrogen (secondary N) is 1. The minimum Gasteiger partial charge on any atom is -0.507 e. The second-order valence-corrected chi connectivity index (χ2v) is 6.75. The van der Waals surface area contributed by atoms with Crippen LogP contribution in [0.25, 0.3) is 0 Å². The second-order valence-electron chi connectivity index (χ2n) is 4.69. The zero-order chi connectivity index (χ0) is 17.2. The molecule has 2 rings (SSSR count). The number of carbonyl (C=O) groups is 1. The van der Waals surface area contributed by atoms with E-state index in [1.54, 1.807) is 13.0 Å². The first-order valence-electron chi connectivity index (χ1n) is 6.45. The molecular weight excluding hydrogens is 342 g/mol. The van der Waals surface area contributed by atoms with E-state index in [2.05, 4.69) is 9.46 Å². The van der Waals surface area contributed by atoms with Crippen LogP contribution < -0.4 is 4.72 Å². The Morgan fingerprint density at radius 3 is 2.57 bits per heavy atom. The summed E-state index contributed by atoms with van der Waals surface area (Å²) in [4.78, 5) is 11.4. The number of halogens is 1. The summed E-state index contributed by atoms with van der Waals surface area (Å²) < 4.78 is 31.7. The van der Waals surface area contributed by atoms with Crippen LogP contribution in [-0.4, -0.2) is 26.6 Å². The Morgan fingerprint density at radius 1 is 1.26 bits per heavy atom. The number of rotatable bonds is 4. The molecule has 0 atom stereocenters. The van der Waals surface area contributed by atoms with Crippen LogP contribution in [0.1, 0.15) is 15.9 Å². The highest BCUT2D eigenvalue weighted by Gasteiger charge is 2.19. The molecule has 8 heteroatoms. The van der Waals surface area contributed by atoms with Crippen molar-refractivity contribution in [3.63, 3.8) is 0 Å². The average molecular weight is 356 g/mol.